The third-order valence-electron chi connectivity index (χ3n) is 2.36. The molecule has 0 saturated carbocycles. The van der Waals surface area contributed by atoms with Crippen LogP contribution in [0.15, 0.2) is 47.2 Å². The van der Waals surface area contributed by atoms with Crippen LogP contribution in [0.3, 0.4) is 0 Å². The van der Waals surface area contributed by atoms with Crippen molar-refractivity contribution in [2.45, 2.75) is 6.61 Å². The van der Waals surface area contributed by atoms with Crippen molar-refractivity contribution in [2.75, 3.05) is 5.32 Å². The molecule has 20 heavy (non-hydrogen) atoms. The fraction of sp³-hybridized carbons (Fsp3) is 0.0769. The fourth-order valence-electron chi connectivity index (χ4n) is 1.46. The third kappa shape index (κ3) is 3.74. The van der Waals surface area contributed by atoms with Crippen molar-refractivity contribution < 1.29 is 18.3 Å². The number of rotatable bonds is 4. The molecule has 0 spiro atoms. The highest BCUT2D eigenvalue weighted by Crippen LogP contribution is 2.21. The van der Waals surface area contributed by atoms with E-state index >= 15 is 0 Å². The van der Waals surface area contributed by atoms with Gasteiger partial charge in [-0.05, 0) is 46.3 Å². The molecule has 1 aromatic carbocycles. The average molecular weight is 343 g/mol. The molecule has 0 aliphatic rings. The SMILES string of the molecule is O=C(Nc1ccncc1Br)c1ccc(OC(F)F)cc1. The van der Waals surface area contributed by atoms with Crippen LogP contribution in [0, 0.1) is 0 Å². The Morgan fingerprint density at radius 2 is 1.95 bits per heavy atom. The zero-order valence-electron chi connectivity index (χ0n) is 10.0. The second kappa shape index (κ2) is 6.42. The van der Waals surface area contributed by atoms with Gasteiger partial charge in [0.1, 0.15) is 5.75 Å². The van der Waals surface area contributed by atoms with E-state index < -0.39 is 6.61 Å². The van der Waals surface area contributed by atoms with Crippen molar-refractivity contribution in [3.05, 3.63) is 52.8 Å². The van der Waals surface area contributed by atoms with Gasteiger partial charge < -0.3 is 10.1 Å². The quantitative estimate of drug-likeness (QED) is 0.921. The third-order valence-corrected chi connectivity index (χ3v) is 2.99. The fourth-order valence-corrected chi connectivity index (χ4v) is 1.81. The Labute approximate surface area is 121 Å². The maximum Gasteiger partial charge on any atom is 0.387 e. The number of anilines is 1. The Bertz CT molecular complexity index is 606. The maximum atomic E-state index is 12.0. The molecule has 0 aliphatic carbocycles. The first kappa shape index (κ1) is 14.4. The van der Waals surface area contributed by atoms with Gasteiger partial charge in [0.2, 0.25) is 0 Å². The number of ether oxygens (including phenoxy) is 1. The number of nitrogens with one attached hydrogen (secondary N) is 1. The van der Waals surface area contributed by atoms with E-state index in [2.05, 4.69) is 31.0 Å². The van der Waals surface area contributed by atoms with Crippen LogP contribution in [-0.2, 0) is 0 Å². The van der Waals surface area contributed by atoms with Crippen molar-refractivity contribution in [3.8, 4) is 5.75 Å². The van der Waals surface area contributed by atoms with Crippen LogP contribution in [-0.4, -0.2) is 17.5 Å². The summed E-state index contributed by atoms with van der Waals surface area (Å²) in [7, 11) is 0. The van der Waals surface area contributed by atoms with Gasteiger partial charge in [-0.15, -0.1) is 0 Å². The Hall–Kier alpha value is -2.02. The van der Waals surface area contributed by atoms with Crippen molar-refractivity contribution in [1.82, 2.24) is 4.98 Å². The summed E-state index contributed by atoms with van der Waals surface area (Å²) in [4.78, 5) is 15.8. The summed E-state index contributed by atoms with van der Waals surface area (Å²) < 4.78 is 28.8. The highest BCUT2D eigenvalue weighted by Gasteiger charge is 2.09. The van der Waals surface area contributed by atoms with E-state index in [0.717, 1.165) is 0 Å². The first-order valence-electron chi connectivity index (χ1n) is 5.52. The lowest BCUT2D eigenvalue weighted by Crippen LogP contribution is -2.12. The minimum absolute atomic E-state index is 0.00152. The van der Waals surface area contributed by atoms with Crippen LogP contribution in [0.5, 0.6) is 5.75 Å². The summed E-state index contributed by atoms with van der Waals surface area (Å²) in [6, 6.07) is 7.06. The molecule has 2 aromatic rings. The molecule has 4 nitrogen and oxygen atoms in total. The summed E-state index contributed by atoms with van der Waals surface area (Å²) in [5, 5.41) is 2.67. The van der Waals surface area contributed by atoms with Crippen molar-refractivity contribution in [3.63, 3.8) is 0 Å². The van der Waals surface area contributed by atoms with E-state index in [0.29, 0.717) is 15.7 Å². The van der Waals surface area contributed by atoms with Gasteiger partial charge in [0.25, 0.3) is 5.91 Å². The summed E-state index contributed by atoms with van der Waals surface area (Å²) >= 11 is 3.26. The molecule has 0 aliphatic heterocycles. The van der Waals surface area contributed by atoms with Crippen LogP contribution in [0.4, 0.5) is 14.5 Å². The Balaban J connectivity index is 2.08. The van der Waals surface area contributed by atoms with Crippen LogP contribution in [0.2, 0.25) is 0 Å². The molecule has 1 heterocycles. The highest BCUT2D eigenvalue weighted by molar-refractivity contribution is 9.10. The number of nitrogens with zero attached hydrogens (tertiary/aromatic N) is 1. The number of pyridine rings is 1. The van der Waals surface area contributed by atoms with Crippen LogP contribution < -0.4 is 10.1 Å². The number of carbonyl (C=O) groups is 1. The number of hydrogen-bond acceptors (Lipinski definition) is 3. The van der Waals surface area contributed by atoms with Crippen molar-refractivity contribution in [2.24, 2.45) is 0 Å². The topological polar surface area (TPSA) is 51.2 Å². The average Bonchev–Trinajstić information content (AvgIpc) is 2.41. The molecule has 7 heteroatoms. The van der Waals surface area contributed by atoms with Gasteiger partial charge in [-0.25, -0.2) is 0 Å². The number of amides is 1. The number of aromatic nitrogens is 1. The van der Waals surface area contributed by atoms with Gasteiger partial charge in [0, 0.05) is 18.0 Å². The first-order chi connectivity index (χ1) is 9.56. The van der Waals surface area contributed by atoms with Crippen molar-refractivity contribution in [1.29, 1.82) is 0 Å². The molecule has 2 rings (SSSR count). The summed E-state index contributed by atoms with van der Waals surface area (Å²) in [6.45, 7) is -2.89. The molecule has 0 saturated heterocycles. The lowest BCUT2D eigenvalue weighted by atomic mass is 10.2. The minimum atomic E-state index is -2.89. The molecule has 0 bridgehead atoms. The molecule has 0 atom stereocenters. The van der Waals surface area contributed by atoms with Gasteiger partial charge in [-0.1, -0.05) is 0 Å². The zero-order valence-corrected chi connectivity index (χ0v) is 11.6. The molecule has 104 valence electrons. The molecule has 1 amide bonds. The van der Waals surface area contributed by atoms with Gasteiger partial charge in [0.15, 0.2) is 0 Å². The molecule has 1 N–H and O–H groups in total. The maximum absolute atomic E-state index is 12.0. The van der Waals surface area contributed by atoms with E-state index in [4.69, 9.17) is 0 Å². The molecule has 0 fully saturated rings. The summed E-state index contributed by atoms with van der Waals surface area (Å²) in [6.07, 6.45) is 3.09. The zero-order chi connectivity index (χ0) is 14.5. The second-order valence-corrected chi connectivity index (χ2v) is 4.57. The van der Waals surface area contributed by atoms with Gasteiger partial charge >= 0.3 is 6.61 Å². The first-order valence-corrected chi connectivity index (χ1v) is 6.31. The number of alkyl halides is 2. The van der Waals surface area contributed by atoms with Crippen LogP contribution >= 0.6 is 15.9 Å². The summed E-state index contributed by atoms with van der Waals surface area (Å²) in [5.41, 5.74) is 0.897. The second-order valence-electron chi connectivity index (χ2n) is 3.71. The van der Waals surface area contributed by atoms with Crippen molar-refractivity contribution >= 4 is 27.5 Å². The number of halogens is 3. The number of hydrogen-bond donors (Lipinski definition) is 1. The van der Waals surface area contributed by atoms with Gasteiger partial charge in [-0.2, -0.15) is 8.78 Å². The van der Waals surface area contributed by atoms with E-state index in [-0.39, 0.29) is 11.7 Å². The lowest BCUT2D eigenvalue weighted by molar-refractivity contribution is -0.0498. The smallest absolute Gasteiger partial charge is 0.387 e. The molecule has 0 radical (unpaired) electrons. The van der Waals surface area contributed by atoms with E-state index in [1.807, 2.05) is 0 Å². The largest absolute Gasteiger partial charge is 0.435 e. The normalized spacial score (nSPS) is 10.4. The monoisotopic (exact) mass is 342 g/mol. The van der Waals surface area contributed by atoms with E-state index in [1.165, 1.54) is 24.3 Å². The van der Waals surface area contributed by atoms with Crippen LogP contribution in [0.1, 0.15) is 10.4 Å². The summed E-state index contributed by atoms with van der Waals surface area (Å²) in [5.74, 6) is -0.359. The van der Waals surface area contributed by atoms with E-state index in [9.17, 15) is 13.6 Å². The standard InChI is InChI=1S/C13H9BrF2N2O2/c14-10-7-17-6-5-11(10)18-12(19)8-1-3-9(4-2-8)20-13(15)16/h1-7,13H,(H,17,18,19). The van der Waals surface area contributed by atoms with E-state index in [1.54, 1.807) is 18.5 Å². The molecular weight excluding hydrogens is 334 g/mol. The molecular formula is C13H9BrF2N2O2. The number of benzene rings is 1. The lowest BCUT2D eigenvalue weighted by Gasteiger charge is -2.08. The Morgan fingerprint density at radius 1 is 1.25 bits per heavy atom. The Morgan fingerprint density at radius 3 is 2.55 bits per heavy atom. The minimum Gasteiger partial charge on any atom is -0.435 e. The molecule has 1 aromatic heterocycles. The number of carbonyl (C=O) groups excluding carboxylic acids is 1. The van der Waals surface area contributed by atoms with Gasteiger partial charge in [-0.3, -0.25) is 9.78 Å². The van der Waals surface area contributed by atoms with Crippen LogP contribution in [0.25, 0.3) is 0 Å². The highest BCUT2D eigenvalue weighted by atomic mass is 79.9. The molecule has 0 unspecified atom stereocenters. The Kier molecular flexibility index (Phi) is 4.62. The van der Waals surface area contributed by atoms with Gasteiger partial charge in [0.05, 0.1) is 10.2 Å². The predicted molar refractivity (Wildman–Crippen MR) is 73.0 cm³/mol. The predicted octanol–water partition coefficient (Wildman–Crippen LogP) is 3.70.